The zero-order valence-corrected chi connectivity index (χ0v) is 38.5. The molecule has 0 N–H and O–H groups in total. The summed E-state index contributed by atoms with van der Waals surface area (Å²) >= 11 is 0. The highest BCUT2D eigenvalue weighted by atomic mass is 16.5. The third-order valence-corrected chi connectivity index (χ3v) is 13.2. The number of benzene rings is 5. The number of fused-ring (bicyclic) bond motifs is 8. The molecule has 63 heavy (non-hydrogen) atoms. The first-order valence-electron chi connectivity index (χ1n) is 22.8. The Morgan fingerprint density at radius 3 is 2.02 bits per heavy atom. The second kappa shape index (κ2) is 17.1. The fourth-order valence-electron chi connectivity index (χ4n) is 9.85. The van der Waals surface area contributed by atoms with Gasteiger partial charge in [-0.2, -0.15) is 0 Å². The van der Waals surface area contributed by atoms with Crippen LogP contribution in [0.1, 0.15) is 82.7 Å². The van der Waals surface area contributed by atoms with E-state index in [0.29, 0.717) is 33.0 Å². The summed E-state index contributed by atoms with van der Waals surface area (Å²) < 4.78 is 43.9. The fraction of sp³-hybridized carbons (Fsp3) is 0.444. The normalized spacial score (nSPS) is 19.4. The Hall–Kier alpha value is -5.06. The van der Waals surface area contributed by atoms with E-state index in [9.17, 15) is 0 Å². The molecule has 2 saturated heterocycles. The second-order valence-electron chi connectivity index (χ2n) is 19.3. The van der Waals surface area contributed by atoms with Crippen molar-refractivity contribution in [1.29, 1.82) is 0 Å². The van der Waals surface area contributed by atoms with Crippen LogP contribution in [0.4, 0.5) is 11.4 Å². The van der Waals surface area contributed by atoms with E-state index >= 15 is 0 Å². The summed E-state index contributed by atoms with van der Waals surface area (Å²) in [4.78, 5) is 4.78. The van der Waals surface area contributed by atoms with Gasteiger partial charge in [0.15, 0.2) is 5.60 Å². The summed E-state index contributed by atoms with van der Waals surface area (Å²) in [6, 6.07) is 30.7. The minimum Gasteiger partial charge on any atom is -0.495 e. The fourth-order valence-corrected chi connectivity index (χ4v) is 9.85. The van der Waals surface area contributed by atoms with Gasteiger partial charge < -0.3 is 43.0 Å². The van der Waals surface area contributed by atoms with Gasteiger partial charge in [0, 0.05) is 66.0 Å². The Balaban J connectivity index is 1.11. The SMILES string of the molecule is COc1cc2c3c(c4c(c2cc1N1CCOCC1)-c1ccccc1C4(C)C)C=CC(c1ccc(OCCOC(C)(C)CCOC(C)(C)C)cc1)(c1ccc(N2CCOCC2)cc1)O3. The zero-order valence-electron chi connectivity index (χ0n) is 38.5. The van der Waals surface area contributed by atoms with Gasteiger partial charge in [0.2, 0.25) is 0 Å². The summed E-state index contributed by atoms with van der Waals surface area (Å²) in [6.07, 6.45) is 5.38. The van der Waals surface area contributed by atoms with E-state index in [4.69, 9.17) is 33.2 Å². The van der Waals surface area contributed by atoms with Gasteiger partial charge in [0.25, 0.3) is 0 Å². The number of hydrogen-bond donors (Lipinski definition) is 0. The monoisotopic (exact) mass is 852 g/mol. The van der Waals surface area contributed by atoms with E-state index in [1.807, 2.05) is 12.1 Å². The molecule has 0 saturated carbocycles. The first kappa shape index (κ1) is 43.2. The lowest BCUT2D eigenvalue weighted by molar-refractivity contribution is -0.0716. The molecule has 1 atom stereocenters. The van der Waals surface area contributed by atoms with Gasteiger partial charge >= 0.3 is 0 Å². The molecule has 4 aliphatic rings. The lowest BCUT2D eigenvalue weighted by Crippen LogP contribution is -2.37. The molecule has 0 aromatic heterocycles. The Morgan fingerprint density at radius 2 is 1.35 bits per heavy atom. The predicted molar refractivity (Wildman–Crippen MR) is 253 cm³/mol. The van der Waals surface area contributed by atoms with Crippen molar-refractivity contribution in [3.63, 3.8) is 0 Å². The molecule has 332 valence electrons. The smallest absolute Gasteiger partial charge is 0.178 e. The lowest BCUT2D eigenvalue weighted by atomic mass is 9.76. The Bertz CT molecular complexity index is 2460. The van der Waals surface area contributed by atoms with Crippen molar-refractivity contribution in [2.24, 2.45) is 0 Å². The van der Waals surface area contributed by atoms with Gasteiger partial charge in [-0.3, -0.25) is 0 Å². The number of methoxy groups -OCH3 is 1. The minimum absolute atomic E-state index is 0.170. The molecule has 5 aromatic rings. The van der Waals surface area contributed by atoms with Crippen LogP contribution in [0.25, 0.3) is 28.0 Å². The van der Waals surface area contributed by atoms with Gasteiger partial charge in [0.1, 0.15) is 23.9 Å². The predicted octanol–water partition coefficient (Wildman–Crippen LogP) is 10.6. The summed E-state index contributed by atoms with van der Waals surface area (Å²) in [6.45, 7) is 22.9. The highest BCUT2D eigenvalue weighted by Gasteiger charge is 2.44. The number of ether oxygens (including phenoxy) is 7. The van der Waals surface area contributed by atoms with Gasteiger partial charge in [-0.1, -0.05) is 68.5 Å². The summed E-state index contributed by atoms with van der Waals surface area (Å²) in [7, 11) is 1.77. The van der Waals surface area contributed by atoms with Crippen molar-refractivity contribution >= 4 is 28.2 Å². The van der Waals surface area contributed by atoms with Crippen LogP contribution in [0.5, 0.6) is 17.2 Å². The van der Waals surface area contributed by atoms with Crippen LogP contribution in [0, 0.1) is 0 Å². The molecule has 0 bridgehead atoms. The van der Waals surface area contributed by atoms with Crippen LogP contribution in [-0.4, -0.2) is 90.7 Å². The van der Waals surface area contributed by atoms with E-state index in [-0.39, 0.29) is 16.6 Å². The van der Waals surface area contributed by atoms with E-state index in [1.165, 1.54) is 27.9 Å². The van der Waals surface area contributed by atoms with Crippen LogP contribution < -0.4 is 24.0 Å². The molecule has 9 rings (SSSR count). The largest absolute Gasteiger partial charge is 0.495 e. The molecule has 3 heterocycles. The molecule has 9 heteroatoms. The number of anilines is 2. The standard InChI is InChI=1S/C54H64N2O7/c1-51(2,3)61-28-23-52(4,5)62-34-33-60-40-19-15-38(16-20-40)54(37-13-17-39(18-14-37)55-24-29-58-30-25-55)22-21-42-49-48(41-11-9-10-12-45(41)53(49,6)7)43-35-46(56-26-31-59-32-27-56)47(57-8)36-44(43)50(42)63-54/h9-22,35-36H,23-34H2,1-8H3. The summed E-state index contributed by atoms with van der Waals surface area (Å²) in [5.74, 6) is 2.45. The molecule has 0 radical (unpaired) electrons. The molecule has 0 spiro atoms. The van der Waals surface area contributed by atoms with E-state index < -0.39 is 5.60 Å². The van der Waals surface area contributed by atoms with E-state index in [1.54, 1.807) is 7.11 Å². The van der Waals surface area contributed by atoms with Crippen molar-refractivity contribution in [2.45, 2.75) is 77.1 Å². The van der Waals surface area contributed by atoms with Crippen LogP contribution in [0.3, 0.4) is 0 Å². The maximum atomic E-state index is 7.74. The molecule has 9 nitrogen and oxygen atoms in total. The number of nitrogens with zero attached hydrogens (tertiary/aromatic N) is 2. The van der Waals surface area contributed by atoms with Crippen molar-refractivity contribution in [3.05, 3.63) is 119 Å². The van der Waals surface area contributed by atoms with E-state index in [0.717, 1.165) is 96.2 Å². The molecular weight excluding hydrogens is 789 g/mol. The maximum Gasteiger partial charge on any atom is 0.178 e. The zero-order chi connectivity index (χ0) is 44.0. The van der Waals surface area contributed by atoms with Crippen LogP contribution in [0.2, 0.25) is 0 Å². The topological polar surface area (TPSA) is 71.1 Å². The molecule has 1 aliphatic carbocycles. The number of morpholine rings is 2. The van der Waals surface area contributed by atoms with Gasteiger partial charge in [-0.25, -0.2) is 0 Å². The summed E-state index contributed by atoms with van der Waals surface area (Å²) in [5.41, 5.74) is 8.83. The van der Waals surface area contributed by atoms with Crippen molar-refractivity contribution < 1.29 is 33.2 Å². The Kier molecular flexibility index (Phi) is 11.8. The molecular formula is C54H64N2O7. The third kappa shape index (κ3) is 8.41. The first-order valence-corrected chi connectivity index (χ1v) is 22.8. The number of hydrogen-bond acceptors (Lipinski definition) is 9. The average molecular weight is 853 g/mol. The lowest BCUT2D eigenvalue weighted by Gasteiger charge is -2.39. The molecule has 2 fully saturated rings. The van der Waals surface area contributed by atoms with Crippen LogP contribution in [0.15, 0.2) is 91.0 Å². The third-order valence-electron chi connectivity index (χ3n) is 13.2. The van der Waals surface area contributed by atoms with E-state index in [2.05, 4.69) is 143 Å². The minimum atomic E-state index is -0.954. The maximum absolute atomic E-state index is 7.74. The summed E-state index contributed by atoms with van der Waals surface area (Å²) in [5, 5.41) is 2.18. The number of rotatable bonds is 13. The van der Waals surface area contributed by atoms with Gasteiger partial charge in [0.05, 0.1) is 57.0 Å². The molecule has 3 aliphatic heterocycles. The van der Waals surface area contributed by atoms with Crippen molar-refractivity contribution in [1.82, 2.24) is 0 Å². The van der Waals surface area contributed by atoms with Crippen molar-refractivity contribution in [2.75, 3.05) is 89.3 Å². The highest BCUT2D eigenvalue weighted by Crippen LogP contribution is 2.59. The van der Waals surface area contributed by atoms with Crippen LogP contribution in [-0.2, 0) is 30.0 Å². The molecule has 1 unspecified atom stereocenters. The second-order valence-corrected chi connectivity index (χ2v) is 19.3. The Labute approximate surface area is 373 Å². The first-order chi connectivity index (χ1) is 30.3. The molecule has 0 amide bonds. The van der Waals surface area contributed by atoms with Crippen LogP contribution >= 0.6 is 0 Å². The quantitative estimate of drug-likeness (QED) is 0.108. The molecule has 5 aromatic carbocycles. The van der Waals surface area contributed by atoms with Gasteiger partial charge in [-0.05, 0) is 111 Å². The average Bonchev–Trinajstić information content (AvgIpc) is 3.54. The highest BCUT2D eigenvalue weighted by molar-refractivity contribution is 6.10. The van der Waals surface area contributed by atoms with Crippen molar-refractivity contribution in [3.8, 4) is 28.4 Å². The van der Waals surface area contributed by atoms with Gasteiger partial charge in [-0.15, -0.1) is 0 Å². The Morgan fingerprint density at radius 1 is 0.698 bits per heavy atom.